The molecule has 2 aromatic heterocycles. The first-order chi connectivity index (χ1) is 16.7. The van der Waals surface area contributed by atoms with Crippen LogP contribution in [-0.4, -0.2) is 31.4 Å². The van der Waals surface area contributed by atoms with Crippen LogP contribution in [0.4, 0.5) is 5.69 Å². The second kappa shape index (κ2) is 11.6. The van der Waals surface area contributed by atoms with E-state index in [1.54, 1.807) is 12.4 Å². The molecule has 0 fully saturated rings. The Balaban J connectivity index is 1.51. The predicted molar refractivity (Wildman–Crippen MR) is 138 cm³/mol. The molecule has 0 spiro atoms. The second-order valence-electron chi connectivity index (χ2n) is 7.92. The number of rotatable bonds is 10. The van der Waals surface area contributed by atoms with E-state index in [4.69, 9.17) is 0 Å². The third-order valence-electron chi connectivity index (χ3n) is 5.72. The molecular weight excluding hydrogens is 442 g/mol. The van der Waals surface area contributed by atoms with Gasteiger partial charge >= 0.3 is 0 Å². The van der Waals surface area contributed by atoms with Crippen LogP contribution >= 0.6 is 11.8 Å². The van der Waals surface area contributed by atoms with Crippen LogP contribution in [0.3, 0.4) is 0 Å². The minimum atomic E-state index is -0.0383. The molecule has 0 aliphatic heterocycles. The number of para-hydroxylation sites is 1. The Morgan fingerprint density at radius 2 is 1.62 bits per heavy atom. The molecule has 4 aromatic rings. The van der Waals surface area contributed by atoms with E-state index in [1.807, 2.05) is 30.3 Å². The topological polar surface area (TPSA) is 72.7 Å². The van der Waals surface area contributed by atoms with Crippen molar-refractivity contribution in [1.82, 2.24) is 19.7 Å². The third-order valence-corrected chi connectivity index (χ3v) is 6.68. The maximum Gasteiger partial charge on any atom is 0.234 e. The highest BCUT2D eigenvalue weighted by molar-refractivity contribution is 7.99. The van der Waals surface area contributed by atoms with Crippen molar-refractivity contribution in [2.24, 2.45) is 0 Å². The summed E-state index contributed by atoms with van der Waals surface area (Å²) in [6, 6.07) is 20.4. The van der Waals surface area contributed by atoms with Crippen LogP contribution in [0, 0.1) is 0 Å². The van der Waals surface area contributed by atoms with Crippen molar-refractivity contribution in [3.05, 3.63) is 89.7 Å². The second-order valence-corrected chi connectivity index (χ2v) is 8.87. The number of hydrogen-bond donors (Lipinski definition) is 1. The minimum Gasteiger partial charge on any atom is -0.325 e. The molecular formula is C27H29N5OS. The van der Waals surface area contributed by atoms with Gasteiger partial charge in [-0.05, 0) is 48.1 Å². The van der Waals surface area contributed by atoms with Crippen molar-refractivity contribution < 1.29 is 4.79 Å². The van der Waals surface area contributed by atoms with Crippen LogP contribution in [0.5, 0.6) is 0 Å². The lowest BCUT2D eigenvalue weighted by Gasteiger charge is -2.14. The normalized spacial score (nSPS) is 10.9. The fourth-order valence-electron chi connectivity index (χ4n) is 3.91. The highest BCUT2D eigenvalue weighted by Crippen LogP contribution is 2.26. The molecule has 2 aromatic carbocycles. The van der Waals surface area contributed by atoms with Crippen molar-refractivity contribution >= 4 is 23.4 Å². The molecule has 6 nitrogen and oxygen atoms in total. The molecule has 0 atom stereocenters. The lowest BCUT2D eigenvalue weighted by molar-refractivity contribution is -0.113. The number of thioether (sulfide) groups is 1. The van der Waals surface area contributed by atoms with Gasteiger partial charge in [-0.15, -0.1) is 10.2 Å². The van der Waals surface area contributed by atoms with Crippen LogP contribution < -0.4 is 5.32 Å². The first-order valence-electron chi connectivity index (χ1n) is 11.6. The van der Waals surface area contributed by atoms with Crippen LogP contribution in [-0.2, 0) is 30.6 Å². The number of pyridine rings is 1. The van der Waals surface area contributed by atoms with E-state index in [1.165, 1.54) is 17.3 Å². The van der Waals surface area contributed by atoms with E-state index in [2.05, 4.69) is 69.2 Å². The molecule has 174 valence electrons. The summed E-state index contributed by atoms with van der Waals surface area (Å²) in [5, 5.41) is 12.8. The summed E-state index contributed by atoms with van der Waals surface area (Å²) in [7, 11) is 0. The van der Waals surface area contributed by atoms with Crippen molar-refractivity contribution in [3.63, 3.8) is 0 Å². The van der Waals surface area contributed by atoms with Gasteiger partial charge in [0.05, 0.1) is 5.75 Å². The molecule has 0 aliphatic rings. The molecule has 2 heterocycles. The Labute approximate surface area is 204 Å². The predicted octanol–water partition coefficient (Wildman–Crippen LogP) is 5.44. The monoisotopic (exact) mass is 471 g/mol. The highest BCUT2D eigenvalue weighted by Gasteiger charge is 2.17. The largest absolute Gasteiger partial charge is 0.325 e. The summed E-state index contributed by atoms with van der Waals surface area (Å²) in [6.07, 6.45) is 6.10. The minimum absolute atomic E-state index is 0.0383. The SMILES string of the molecule is CCc1cccc(CC)c1NC(=O)CSc1nnc(-c2ccncc2)n1CCc1ccccc1. The first-order valence-corrected chi connectivity index (χ1v) is 12.6. The quantitative estimate of drug-likeness (QED) is 0.312. The van der Waals surface area contributed by atoms with Crippen LogP contribution in [0.1, 0.15) is 30.5 Å². The Morgan fingerprint density at radius 3 is 2.29 bits per heavy atom. The summed E-state index contributed by atoms with van der Waals surface area (Å²) in [6.45, 7) is 4.93. The van der Waals surface area contributed by atoms with Gasteiger partial charge in [0, 0.05) is 30.2 Å². The standard InChI is InChI=1S/C27H29N5OS/c1-3-21-11-8-12-22(4-2)25(21)29-24(33)19-34-27-31-30-26(23-13-16-28-17-14-23)32(27)18-15-20-9-6-5-7-10-20/h5-14,16-17H,3-4,15,18-19H2,1-2H3,(H,29,33). The van der Waals surface area contributed by atoms with Gasteiger partial charge in [-0.25, -0.2) is 0 Å². The number of nitrogens with one attached hydrogen (secondary N) is 1. The molecule has 7 heteroatoms. The number of benzene rings is 2. The van der Waals surface area contributed by atoms with Gasteiger partial charge < -0.3 is 9.88 Å². The van der Waals surface area contributed by atoms with Crippen LogP contribution in [0.2, 0.25) is 0 Å². The van der Waals surface area contributed by atoms with Gasteiger partial charge in [0.1, 0.15) is 0 Å². The zero-order chi connectivity index (χ0) is 23.8. The lowest BCUT2D eigenvalue weighted by Crippen LogP contribution is -2.17. The van der Waals surface area contributed by atoms with Crippen molar-refractivity contribution in [3.8, 4) is 11.4 Å². The van der Waals surface area contributed by atoms with Crippen molar-refractivity contribution in [2.75, 3.05) is 11.1 Å². The van der Waals surface area contributed by atoms with Gasteiger partial charge in [-0.1, -0.05) is 74.1 Å². The van der Waals surface area contributed by atoms with Gasteiger partial charge in [0.15, 0.2) is 11.0 Å². The average molecular weight is 472 g/mol. The average Bonchev–Trinajstić information content (AvgIpc) is 3.30. The number of aromatic nitrogens is 4. The maximum absolute atomic E-state index is 12.9. The third kappa shape index (κ3) is 5.72. The Bertz CT molecular complexity index is 1200. The molecule has 4 rings (SSSR count). The van der Waals surface area contributed by atoms with Gasteiger partial charge in [-0.3, -0.25) is 9.78 Å². The van der Waals surface area contributed by atoms with E-state index in [9.17, 15) is 4.79 Å². The fourth-order valence-corrected chi connectivity index (χ4v) is 4.67. The Kier molecular flexibility index (Phi) is 8.09. The maximum atomic E-state index is 12.9. The van der Waals surface area contributed by atoms with E-state index < -0.39 is 0 Å². The van der Waals surface area contributed by atoms with E-state index in [0.717, 1.165) is 59.2 Å². The van der Waals surface area contributed by atoms with E-state index >= 15 is 0 Å². The summed E-state index contributed by atoms with van der Waals surface area (Å²) >= 11 is 1.41. The smallest absolute Gasteiger partial charge is 0.234 e. The molecule has 0 unspecified atom stereocenters. The Hall–Kier alpha value is -3.45. The lowest BCUT2D eigenvalue weighted by atomic mass is 10.0. The van der Waals surface area contributed by atoms with Crippen LogP contribution in [0.25, 0.3) is 11.4 Å². The van der Waals surface area contributed by atoms with Gasteiger partial charge in [0.2, 0.25) is 5.91 Å². The van der Waals surface area contributed by atoms with Crippen LogP contribution in [0.15, 0.2) is 78.2 Å². The fraction of sp³-hybridized carbons (Fsp3) is 0.259. The number of amides is 1. The number of carbonyl (C=O) groups is 1. The zero-order valence-electron chi connectivity index (χ0n) is 19.6. The number of nitrogens with zero attached hydrogens (tertiary/aromatic N) is 4. The van der Waals surface area contributed by atoms with Crippen molar-refractivity contribution in [1.29, 1.82) is 0 Å². The molecule has 0 bridgehead atoms. The number of carbonyl (C=O) groups excluding carboxylic acids is 1. The summed E-state index contributed by atoms with van der Waals surface area (Å²) < 4.78 is 2.09. The summed E-state index contributed by atoms with van der Waals surface area (Å²) in [4.78, 5) is 17.0. The zero-order valence-corrected chi connectivity index (χ0v) is 20.4. The van der Waals surface area contributed by atoms with Gasteiger partial charge in [0.25, 0.3) is 0 Å². The summed E-state index contributed by atoms with van der Waals surface area (Å²) in [5.41, 5.74) is 5.46. The van der Waals surface area contributed by atoms with E-state index in [0.29, 0.717) is 0 Å². The molecule has 1 N–H and O–H groups in total. The molecule has 1 amide bonds. The first kappa shape index (κ1) is 23.7. The van der Waals surface area contributed by atoms with Gasteiger partial charge in [-0.2, -0.15) is 0 Å². The molecule has 0 saturated heterocycles. The molecule has 34 heavy (non-hydrogen) atoms. The molecule has 0 radical (unpaired) electrons. The number of anilines is 1. The Morgan fingerprint density at radius 1 is 0.912 bits per heavy atom. The molecule has 0 aliphatic carbocycles. The molecule has 0 saturated carbocycles. The van der Waals surface area contributed by atoms with E-state index in [-0.39, 0.29) is 11.7 Å². The number of hydrogen-bond acceptors (Lipinski definition) is 5. The highest BCUT2D eigenvalue weighted by atomic mass is 32.2. The van der Waals surface area contributed by atoms with Crippen molar-refractivity contribution in [2.45, 2.75) is 44.8 Å². The summed E-state index contributed by atoms with van der Waals surface area (Å²) in [5.74, 6) is 1.01. The number of aryl methyl sites for hydroxylation is 3.